The summed E-state index contributed by atoms with van der Waals surface area (Å²) < 4.78 is 0. The summed E-state index contributed by atoms with van der Waals surface area (Å²) in [5.41, 5.74) is 6.47. The van der Waals surface area contributed by atoms with E-state index < -0.39 is 6.04 Å². The molecule has 1 aliphatic rings. The predicted molar refractivity (Wildman–Crippen MR) is 98.6 cm³/mol. The zero-order valence-corrected chi connectivity index (χ0v) is 15.6. The summed E-state index contributed by atoms with van der Waals surface area (Å²) in [7, 11) is 0. The summed E-state index contributed by atoms with van der Waals surface area (Å²) >= 11 is 6.11. The van der Waals surface area contributed by atoms with Crippen molar-refractivity contribution < 1.29 is 9.59 Å². The molecule has 24 heavy (non-hydrogen) atoms. The van der Waals surface area contributed by atoms with Crippen molar-refractivity contribution in [1.82, 2.24) is 9.80 Å². The average Bonchev–Trinajstić information content (AvgIpc) is 2.79. The Hall–Kier alpha value is -1.30. The number of amides is 2. The molecule has 0 bridgehead atoms. The van der Waals surface area contributed by atoms with Gasteiger partial charge in [-0.05, 0) is 24.5 Å². The summed E-state index contributed by atoms with van der Waals surface area (Å²) in [4.78, 5) is 28.5. The highest BCUT2D eigenvalue weighted by molar-refractivity contribution is 6.33. The number of rotatable bonds is 3. The van der Waals surface area contributed by atoms with Crippen LogP contribution >= 0.6 is 24.0 Å². The van der Waals surface area contributed by atoms with E-state index in [0.717, 1.165) is 6.42 Å². The molecule has 1 aromatic carbocycles. The number of carbonyl (C=O) groups is 2. The van der Waals surface area contributed by atoms with E-state index in [0.29, 0.717) is 36.8 Å². The molecule has 0 saturated carbocycles. The fourth-order valence-corrected chi connectivity index (χ4v) is 2.86. The van der Waals surface area contributed by atoms with Crippen molar-refractivity contribution in [1.29, 1.82) is 0 Å². The number of carbonyl (C=O) groups excluding carboxylic acids is 2. The van der Waals surface area contributed by atoms with Crippen LogP contribution < -0.4 is 5.73 Å². The van der Waals surface area contributed by atoms with Gasteiger partial charge in [-0.3, -0.25) is 9.59 Å². The van der Waals surface area contributed by atoms with Gasteiger partial charge in [0, 0.05) is 26.2 Å². The molecule has 0 radical (unpaired) electrons. The highest BCUT2D eigenvalue weighted by atomic mass is 35.5. The molecule has 0 aromatic heterocycles. The van der Waals surface area contributed by atoms with Crippen molar-refractivity contribution in [3.63, 3.8) is 0 Å². The molecule has 5 nitrogen and oxygen atoms in total. The summed E-state index contributed by atoms with van der Waals surface area (Å²) in [5, 5.41) is 0.455. The van der Waals surface area contributed by atoms with Gasteiger partial charge >= 0.3 is 0 Å². The first-order valence-corrected chi connectivity index (χ1v) is 8.37. The van der Waals surface area contributed by atoms with Crippen molar-refractivity contribution in [2.45, 2.75) is 26.3 Å². The molecule has 7 heteroatoms. The molecule has 1 saturated heterocycles. The van der Waals surface area contributed by atoms with Gasteiger partial charge in [0.25, 0.3) is 5.91 Å². The maximum Gasteiger partial charge on any atom is 0.255 e. The Kier molecular flexibility index (Phi) is 8.00. The smallest absolute Gasteiger partial charge is 0.255 e. The van der Waals surface area contributed by atoms with Crippen LogP contribution in [0.2, 0.25) is 5.02 Å². The molecule has 1 heterocycles. The topological polar surface area (TPSA) is 66.6 Å². The second kappa shape index (κ2) is 9.25. The quantitative estimate of drug-likeness (QED) is 0.884. The number of benzene rings is 1. The molecular weight excluding hydrogens is 349 g/mol. The van der Waals surface area contributed by atoms with E-state index in [1.807, 2.05) is 13.8 Å². The highest BCUT2D eigenvalue weighted by Crippen LogP contribution is 2.18. The van der Waals surface area contributed by atoms with E-state index >= 15 is 0 Å². The van der Waals surface area contributed by atoms with Crippen LogP contribution in [0.3, 0.4) is 0 Å². The van der Waals surface area contributed by atoms with Gasteiger partial charge in [0.1, 0.15) is 0 Å². The fourth-order valence-electron chi connectivity index (χ4n) is 2.64. The van der Waals surface area contributed by atoms with Crippen LogP contribution in [0.25, 0.3) is 0 Å². The van der Waals surface area contributed by atoms with Crippen LogP contribution in [-0.4, -0.2) is 53.8 Å². The van der Waals surface area contributed by atoms with Crippen LogP contribution in [0.15, 0.2) is 24.3 Å². The first-order chi connectivity index (χ1) is 10.9. The zero-order valence-electron chi connectivity index (χ0n) is 14.1. The third-order valence-corrected chi connectivity index (χ3v) is 4.53. The summed E-state index contributed by atoms with van der Waals surface area (Å²) in [6, 6.07) is 6.56. The van der Waals surface area contributed by atoms with Gasteiger partial charge < -0.3 is 15.5 Å². The maximum absolute atomic E-state index is 12.6. The highest BCUT2D eigenvalue weighted by Gasteiger charge is 2.27. The van der Waals surface area contributed by atoms with Crippen LogP contribution in [-0.2, 0) is 4.79 Å². The largest absolute Gasteiger partial charge is 0.340 e. The van der Waals surface area contributed by atoms with E-state index in [1.54, 1.807) is 34.1 Å². The van der Waals surface area contributed by atoms with E-state index in [-0.39, 0.29) is 30.1 Å². The molecule has 2 amide bonds. The predicted octanol–water partition coefficient (Wildman–Crippen LogP) is 2.42. The van der Waals surface area contributed by atoms with Crippen molar-refractivity contribution in [3.8, 4) is 0 Å². The Morgan fingerprint density at radius 3 is 2.29 bits per heavy atom. The minimum absolute atomic E-state index is 0. The fraction of sp³-hybridized carbons (Fsp3) is 0.529. The van der Waals surface area contributed by atoms with Crippen molar-refractivity contribution >= 4 is 35.8 Å². The third-order valence-electron chi connectivity index (χ3n) is 4.20. The van der Waals surface area contributed by atoms with Crippen LogP contribution in [0.1, 0.15) is 30.6 Å². The molecule has 1 aromatic rings. The Balaban J connectivity index is 0.00000288. The number of halogens is 2. The summed E-state index contributed by atoms with van der Waals surface area (Å²) in [6.07, 6.45) is 0.743. The molecule has 2 rings (SSSR count). The second-order valence-electron chi connectivity index (χ2n) is 6.22. The van der Waals surface area contributed by atoms with Gasteiger partial charge in [-0.25, -0.2) is 0 Å². The number of nitrogens with zero attached hydrogens (tertiary/aromatic N) is 2. The van der Waals surface area contributed by atoms with Gasteiger partial charge in [0.2, 0.25) is 5.91 Å². The Labute approximate surface area is 154 Å². The van der Waals surface area contributed by atoms with Gasteiger partial charge in [-0.15, -0.1) is 12.4 Å². The lowest BCUT2D eigenvalue weighted by molar-refractivity contribution is -0.133. The van der Waals surface area contributed by atoms with E-state index in [1.165, 1.54) is 0 Å². The normalized spacial score (nSPS) is 16.4. The van der Waals surface area contributed by atoms with Crippen molar-refractivity contribution in [2.75, 3.05) is 26.2 Å². The molecule has 1 atom stereocenters. The lowest BCUT2D eigenvalue weighted by Crippen LogP contribution is -2.47. The van der Waals surface area contributed by atoms with Crippen molar-refractivity contribution in [3.05, 3.63) is 34.9 Å². The van der Waals surface area contributed by atoms with E-state index in [2.05, 4.69) is 0 Å². The van der Waals surface area contributed by atoms with Crippen molar-refractivity contribution in [2.24, 2.45) is 11.7 Å². The van der Waals surface area contributed by atoms with Gasteiger partial charge in [-0.1, -0.05) is 37.6 Å². The zero-order chi connectivity index (χ0) is 17.0. The SMILES string of the molecule is CC(C)C(N)C(=O)N1CCCN(C(=O)c2ccccc2Cl)CC1.Cl. The first-order valence-electron chi connectivity index (χ1n) is 8.00. The molecule has 2 N–H and O–H groups in total. The molecule has 1 unspecified atom stereocenters. The molecular formula is C17H25Cl2N3O2. The Morgan fingerprint density at radius 1 is 1.08 bits per heavy atom. The minimum atomic E-state index is -0.485. The monoisotopic (exact) mass is 373 g/mol. The lowest BCUT2D eigenvalue weighted by Gasteiger charge is -2.26. The number of hydrogen-bond donors (Lipinski definition) is 1. The summed E-state index contributed by atoms with van der Waals surface area (Å²) in [6.45, 7) is 6.13. The van der Waals surface area contributed by atoms with Crippen LogP contribution in [0.4, 0.5) is 0 Å². The molecule has 0 aliphatic carbocycles. The number of hydrogen-bond acceptors (Lipinski definition) is 3. The van der Waals surface area contributed by atoms with E-state index in [9.17, 15) is 9.59 Å². The third kappa shape index (κ3) is 4.85. The molecule has 1 aliphatic heterocycles. The van der Waals surface area contributed by atoms with Crippen LogP contribution in [0.5, 0.6) is 0 Å². The van der Waals surface area contributed by atoms with Gasteiger partial charge in [0.05, 0.1) is 16.6 Å². The number of nitrogens with two attached hydrogens (primary N) is 1. The Bertz CT molecular complexity index is 581. The van der Waals surface area contributed by atoms with Gasteiger partial charge in [-0.2, -0.15) is 0 Å². The lowest BCUT2D eigenvalue weighted by atomic mass is 10.0. The molecule has 134 valence electrons. The molecule has 0 spiro atoms. The second-order valence-corrected chi connectivity index (χ2v) is 6.63. The standard InChI is InChI=1S/C17H24ClN3O2.ClH/c1-12(2)15(19)17(23)21-9-5-8-20(10-11-21)16(22)13-6-3-4-7-14(13)18;/h3-4,6-7,12,15H,5,8-11,19H2,1-2H3;1H. The van der Waals surface area contributed by atoms with E-state index in [4.69, 9.17) is 17.3 Å². The van der Waals surface area contributed by atoms with Gasteiger partial charge in [0.15, 0.2) is 0 Å². The Morgan fingerprint density at radius 2 is 1.67 bits per heavy atom. The molecule has 1 fully saturated rings. The maximum atomic E-state index is 12.6. The average molecular weight is 374 g/mol. The minimum Gasteiger partial charge on any atom is -0.340 e. The summed E-state index contributed by atoms with van der Waals surface area (Å²) in [5.74, 6) is -0.0169. The van der Waals surface area contributed by atoms with Crippen LogP contribution in [0, 0.1) is 5.92 Å². The first kappa shape index (κ1) is 20.7.